The van der Waals surface area contributed by atoms with Crippen molar-refractivity contribution in [2.45, 2.75) is 39.2 Å². The highest BCUT2D eigenvalue weighted by Gasteiger charge is 2.27. The van der Waals surface area contributed by atoms with E-state index in [-0.39, 0.29) is 12.0 Å². The Labute approximate surface area is 135 Å². The summed E-state index contributed by atoms with van der Waals surface area (Å²) in [6.07, 6.45) is 3.68. The van der Waals surface area contributed by atoms with Gasteiger partial charge < -0.3 is 14.9 Å². The van der Waals surface area contributed by atoms with Crippen LogP contribution in [0.15, 0.2) is 30.3 Å². The molecule has 3 nitrogen and oxygen atoms in total. The van der Waals surface area contributed by atoms with Crippen LogP contribution in [0.4, 0.5) is 0 Å². The lowest BCUT2D eigenvalue weighted by molar-refractivity contribution is 0.0601. The Bertz CT molecular complexity index is 432. The number of likely N-dealkylation sites (tertiary alicyclic amines) is 1. The largest absolute Gasteiger partial charge is 0.396 e. The molecular formula is C19H32N2O. The number of hydrogen-bond donors (Lipinski definition) is 1. The Kier molecular flexibility index (Phi) is 6.42. The predicted molar refractivity (Wildman–Crippen MR) is 93.1 cm³/mol. The Hall–Kier alpha value is -0.900. The van der Waals surface area contributed by atoms with E-state index in [1.54, 1.807) is 0 Å². The van der Waals surface area contributed by atoms with Crippen LogP contribution in [0, 0.1) is 5.41 Å². The summed E-state index contributed by atoms with van der Waals surface area (Å²) in [5.41, 5.74) is 1.42. The van der Waals surface area contributed by atoms with Gasteiger partial charge in [-0.05, 0) is 38.4 Å². The Morgan fingerprint density at radius 2 is 2.00 bits per heavy atom. The molecule has 22 heavy (non-hydrogen) atoms. The van der Waals surface area contributed by atoms with E-state index >= 15 is 0 Å². The molecule has 0 spiro atoms. The summed E-state index contributed by atoms with van der Waals surface area (Å²) in [7, 11) is 2.26. The second-order valence-corrected chi connectivity index (χ2v) is 7.57. The fraction of sp³-hybridized carbons (Fsp3) is 0.684. The van der Waals surface area contributed by atoms with Gasteiger partial charge in [-0.25, -0.2) is 0 Å². The Morgan fingerprint density at radius 1 is 1.27 bits per heavy atom. The maximum Gasteiger partial charge on any atom is 0.0494 e. The van der Waals surface area contributed by atoms with Crippen molar-refractivity contribution in [3.05, 3.63) is 35.9 Å². The van der Waals surface area contributed by atoms with E-state index < -0.39 is 0 Å². The molecular weight excluding hydrogens is 272 g/mol. The van der Waals surface area contributed by atoms with Crippen molar-refractivity contribution in [2.24, 2.45) is 5.41 Å². The molecule has 0 aliphatic carbocycles. The number of nitrogens with zero attached hydrogens (tertiary/aromatic N) is 2. The zero-order valence-corrected chi connectivity index (χ0v) is 14.5. The Morgan fingerprint density at radius 3 is 2.68 bits per heavy atom. The van der Waals surface area contributed by atoms with Gasteiger partial charge in [0.1, 0.15) is 0 Å². The van der Waals surface area contributed by atoms with Crippen LogP contribution in [-0.2, 0) is 6.42 Å². The van der Waals surface area contributed by atoms with Crippen LogP contribution >= 0.6 is 0 Å². The molecule has 0 aromatic heterocycles. The second kappa shape index (κ2) is 8.09. The van der Waals surface area contributed by atoms with Crippen molar-refractivity contribution in [3.8, 4) is 0 Å². The highest BCUT2D eigenvalue weighted by Crippen LogP contribution is 2.21. The average molecular weight is 304 g/mol. The van der Waals surface area contributed by atoms with Gasteiger partial charge in [-0.15, -0.1) is 0 Å². The minimum atomic E-state index is 0.00446. The SMILES string of the molecule is CN(CCc1ccccc1)C1CCCN(CC(C)(C)CO)C1. The molecule has 2 rings (SSSR count). The summed E-state index contributed by atoms with van der Waals surface area (Å²) in [6, 6.07) is 11.4. The number of aliphatic hydroxyl groups is 1. The highest BCUT2D eigenvalue weighted by atomic mass is 16.3. The lowest BCUT2D eigenvalue weighted by Crippen LogP contribution is -2.49. The number of rotatable bonds is 7. The monoisotopic (exact) mass is 304 g/mol. The molecule has 124 valence electrons. The van der Waals surface area contributed by atoms with E-state index in [4.69, 9.17) is 0 Å². The molecule has 0 bridgehead atoms. The molecule has 1 N–H and O–H groups in total. The molecule has 1 fully saturated rings. The van der Waals surface area contributed by atoms with Crippen molar-refractivity contribution in [1.29, 1.82) is 0 Å². The van der Waals surface area contributed by atoms with E-state index in [0.29, 0.717) is 6.04 Å². The van der Waals surface area contributed by atoms with Crippen LogP contribution in [-0.4, -0.2) is 60.8 Å². The van der Waals surface area contributed by atoms with Crippen LogP contribution in [0.5, 0.6) is 0 Å². The van der Waals surface area contributed by atoms with E-state index in [2.05, 4.69) is 61.0 Å². The predicted octanol–water partition coefficient (Wildman–Crippen LogP) is 2.64. The maximum atomic E-state index is 9.47. The van der Waals surface area contributed by atoms with Gasteiger partial charge in [-0.2, -0.15) is 0 Å². The first-order chi connectivity index (χ1) is 10.5. The second-order valence-electron chi connectivity index (χ2n) is 7.57. The van der Waals surface area contributed by atoms with Crippen LogP contribution in [0.2, 0.25) is 0 Å². The fourth-order valence-electron chi connectivity index (χ4n) is 3.32. The Balaban J connectivity index is 1.81. The normalized spacial score (nSPS) is 20.5. The number of aliphatic hydroxyl groups excluding tert-OH is 1. The molecule has 1 atom stereocenters. The quantitative estimate of drug-likeness (QED) is 0.839. The molecule has 0 amide bonds. The van der Waals surface area contributed by atoms with Crippen LogP contribution in [0.1, 0.15) is 32.3 Å². The van der Waals surface area contributed by atoms with Gasteiger partial charge in [0.05, 0.1) is 0 Å². The van der Waals surface area contributed by atoms with E-state index in [9.17, 15) is 5.11 Å². The van der Waals surface area contributed by atoms with Crippen LogP contribution in [0.3, 0.4) is 0 Å². The van der Waals surface area contributed by atoms with Crippen LogP contribution in [0.25, 0.3) is 0 Å². The molecule has 1 aliphatic rings. The third-order valence-electron chi connectivity index (χ3n) is 4.78. The van der Waals surface area contributed by atoms with Gasteiger partial charge in [0, 0.05) is 37.7 Å². The number of piperidine rings is 1. The summed E-state index contributed by atoms with van der Waals surface area (Å²) < 4.78 is 0. The average Bonchev–Trinajstić information content (AvgIpc) is 2.53. The minimum absolute atomic E-state index is 0.00446. The highest BCUT2D eigenvalue weighted by molar-refractivity contribution is 5.14. The lowest BCUT2D eigenvalue weighted by atomic mass is 9.92. The molecule has 0 radical (unpaired) electrons. The summed E-state index contributed by atoms with van der Waals surface area (Å²) in [5.74, 6) is 0. The van der Waals surface area contributed by atoms with Crippen molar-refractivity contribution >= 4 is 0 Å². The molecule has 1 aliphatic heterocycles. The fourth-order valence-corrected chi connectivity index (χ4v) is 3.32. The van der Waals surface area contributed by atoms with E-state index in [1.807, 2.05) is 0 Å². The first-order valence-corrected chi connectivity index (χ1v) is 8.57. The molecule has 3 heteroatoms. The van der Waals surface area contributed by atoms with Gasteiger partial charge in [0.25, 0.3) is 0 Å². The van der Waals surface area contributed by atoms with E-state index in [0.717, 1.165) is 26.1 Å². The number of benzene rings is 1. The topological polar surface area (TPSA) is 26.7 Å². The first-order valence-electron chi connectivity index (χ1n) is 8.57. The molecule has 1 saturated heterocycles. The summed E-state index contributed by atoms with van der Waals surface area (Å²) >= 11 is 0. The lowest BCUT2D eigenvalue weighted by Gasteiger charge is -2.40. The van der Waals surface area contributed by atoms with Gasteiger partial charge in [0.2, 0.25) is 0 Å². The van der Waals surface area contributed by atoms with Crippen molar-refractivity contribution in [1.82, 2.24) is 9.80 Å². The summed E-state index contributed by atoms with van der Waals surface area (Å²) in [4.78, 5) is 5.05. The minimum Gasteiger partial charge on any atom is -0.396 e. The van der Waals surface area contributed by atoms with Crippen molar-refractivity contribution in [3.63, 3.8) is 0 Å². The summed E-state index contributed by atoms with van der Waals surface area (Å²) in [5, 5.41) is 9.47. The maximum absolute atomic E-state index is 9.47. The molecule has 1 heterocycles. The van der Waals surface area contributed by atoms with Crippen LogP contribution < -0.4 is 0 Å². The number of hydrogen-bond acceptors (Lipinski definition) is 3. The zero-order valence-electron chi connectivity index (χ0n) is 14.5. The molecule has 0 saturated carbocycles. The summed E-state index contributed by atoms with van der Waals surface area (Å²) in [6.45, 7) is 8.98. The van der Waals surface area contributed by atoms with Gasteiger partial charge in [-0.3, -0.25) is 0 Å². The standard InChI is InChI=1S/C19H32N2O/c1-19(2,16-22)15-21-12-7-10-18(14-21)20(3)13-11-17-8-5-4-6-9-17/h4-6,8-9,18,22H,7,10-16H2,1-3H3. The van der Waals surface area contributed by atoms with Crippen molar-refractivity contribution < 1.29 is 5.11 Å². The molecule has 1 unspecified atom stereocenters. The third-order valence-corrected chi connectivity index (χ3v) is 4.78. The van der Waals surface area contributed by atoms with Gasteiger partial charge in [0.15, 0.2) is 0 Å². The number of likely N-dealkylation sites (N-methyl/N-ethyl adjacent to an activating group) is 1. The molecule has 1 aromatic carbocycles. The van der Waals surface area contributed by atoms with Gasteiger partial charge in [-0.1, -0.05) is 44.2 Å². The third kappa shape index (κ3) is 5.38. The molecule has 1 aromatic rings. The smallest absolute Gasteiger partial charge is 0.0494 e. The van der Waals surface area contributed by atoms with Gasteiger partial charge >= 0.3 is 0 Å². The van der Waals surface area contributed by atoms with E-state index in [1.165, 1.54) is 24.9 Å². The van der Waals surface area contributed by atoms with Crippen molar-refractivity contribution in [2.75, 3.05) is 39.8 Å². The first kappa shape index (κ1) is 17.5. The zero-order chi connectivity index (χ0) is 16.0.